The molecule has 1 aromatic rings. The van der Waals surface area contributed by atoms with Gasteiger partial charge < -0.3 is 5.11 Å². The lowest BCUT2D eigenvalue weighted by Gasteiger charge is -2.15. The van der Waals surface area contributed by atoms with E-state index in [0.29, 0.717) is 6.07 Å². The maximum absolute atomic E-state index is 12.7. The molecule has 7 heteroatoms. The van der Waals surface area contributed by atoms with E-state index >= 15 is 0 Å². The Kier molecular flexibility index (Phi) is 3.20. The average molecular weight is 247 g/mol. The molecule has 0 aliphatic carbocycles. The predicted octanol–water partition coefficient (Wildman–Crippen LogP) is 3.21. The highest BCUT2D eigenvalue weighted by Gasteiger charge is 2.39. The highest BCUT2D eigenvalue weighted by molar-refractivity contribution is 6.30. The Balaban J connectivity index is 3.17. The van der Waals surface area contributed by atoms with Crippen LogP contribution < -0.4 is 0 Å². The van der Waals surface area contributed by atoms with Crippen LogP contribution in [0.1, 0.15) is 11.7 Å². The van der Waals surface area contributed by atoms with Gasteiger partial charge in [0.15, 0.2) is 17.7 Å². The summed E-state index contributed by atoms with van der Waals surface area (Å²) in [5.74, 6) is -2.99. The summed E-state index contributed by atoms with van der Waals surface area (Å²) in [6.45, 7) is 0. The largest absolute Gasteiger partial charge is 0.418 e. The van der Waals surface area contributed by atoms with E-state index in [1.165, 1.54) is 0 Å². The summed E-state index contributed by atoms with van der Waals surface area (Å²) in [7, 11) is 0. The molecule has 1 N–H and O–H groups in total. The van der Waals surface area contributed by atoms with Crippen molar-refractivity contribution in [1.82, 2.24) is 0 Å². The first kappa shape index (κ1) is 12.2. The molecule has 0 fully saturated rings. The number of alkyl halides is 3. The molecule has 0 saturated carbocycles. The first-order valence-corrected chi connectivity index (χ1v) is 4.00. The fourth-order valence-electron chi connectivity index (χ4n) is 0.922. The van der Waals surface area contributed by atoms with E-state index in [2.05, 4.69) is 0 Å². The van der Waals surface area contributed by atoms with Gasteiger partial charge in [0, 0.05) is 0 Å². The Bertz CT molecular complexity index is 353. The third-order valence-electron chi connectivity index (χ3n) is 1.63. The molecule has 0 heterocycles. The quantitative estimate of drug-likeness (QED) is 0.596. The van der Waals surface area contributed by atoms with Gasteiger partial charge in [0.2, 0.25) is 0 Å². The molecule has 0 aliphatic heterocycles. The van der Waals surface area contributed by atoms with Gasteiger partial charge in [0.05, 0.1) is 5.02 Å². The molecular weight excluding hydrogens is 243 g/mol. The van der Waals surface area contributed by atoms with E-state index in [0.717, 1.165) is 0 Å². The van der Waals surface area contributed by atoms with Crippen LogP contribution in [0.5, 0.6) is 0 Å². The second kappa shape index (κ2) is 3.94. The van der Waals surface area contributed by atoms with Crippen molar-refractivity contribution < 1.29 is 27.1 Å². The lowest BCUT2D eigenvalue weighted by atomic mass is 10.1. The zero-order valence-electron chi connectivity index (χ0n) is 6.95. The molecule has 0 unspecified atom stereocenters. The number of aliphatic hydroxyl groups excluding tert-OH is 1. The number of hydrogen-bond donors (Lipinski definition) is 1. The predicted molar refractivity (Wildman–Crippen MR) is 42.4 cm³/mol. The fraction of sp³-hybridized carbons (Fsp3) is 0.250. The van der Waals surface area contributed by atoms with Crippen molar-refractivity contribution in [3.05, 3.63) is 34.4 Å². The van der Waals surface area contributed by atoms with Gasteiger partial charge in [-0.3, -0.25) is 0 Å². The van der Waals surface area contributed by atoms with Gasteiger partial charge in [-0.05, 0) is 17.7 Å². The first-order valence-electron chi connectivity index (χ1n) is 3.62. The summed E-state index contributed by atoms with van der Waals surface area (Å²) in [4.78, 5) is 0. The number of aliphatic hydroxyl groups is 1. The number of hydrogen-bond acceptors (Lipinski definition) is 1. The Morgan fingerprint density at radius 1 is 1.20 bits per heavy atom. The molecule has 0 amide bonds. The van der Waals surface area contributed by atoms with Crippen LogP contribution in [0.3, 0.4) is 0 Å². The van der Waals surface area contributed by atoms with Crippen molar-refractivity contribution in [2.45, 2.75) is 12.3 Å². The van der Waals surface area contributed by atoms with E-state index in [4.69, 9.17) is 16.7 Å². The summed E-state index contributed by atoms with van der Waals surface area (Å²) in [5, 5.41) is 7.91. The molecule has 0 aromatic heterocycles. The van der Waals surface area contributed by atoms with E-state index < -0.39 is 34.5 Å². The third kappa shape index (κ3) is 2.57. The Hall–Kier alpha value is -0.880. The van der Waals surface area contributed by atoms with Crippen LogP contribution in [0, 0.1) is 11.6 Å². The van der Waals surface area contributed by atoms with E-state index in [-0.39, 0.29) is 6.07 Å². The molecule has 1 atom stereocenters. The number of rotatable bonds is 1. The number of halogens is 6. The molecular formula is C8H4ClF5O. The van der Waals surface area contributed by atoms with Crippen LogP contribution in [-0.4, -0.2) is 11.3 Å². The Labute approximate surface area is 86.1 Å². The van der Waals surface area contributed by atoms with Crippen molar-refractivity contribution in [2.24, 2.45) is 0 Å². The zero-order chi connectivity index (χ0) is 11.8. The third-order valence-corrected chi connectivity index (χ3v) is 1.91. The molecule has 0 radical (unpaired) electrons. The highest BCUT2D eigenvalue weighted by atomic mass is 35.5. The topological polar surface area (TPSA) is 20.2 Å². The lowest BCUT2D eigenvalue weighted by molar-refractivity contribution is -0.206. The summed E-state index contributed by atoms with van der Waals surface area (Å²) in [6, 6.07) is 0.775. The fourth-order valence-corrected chi connectivity index (χ4v) is 1.14. The molecule has 0 saturated heterocycles. The molecule has 84 valence electrons. The molecule has 0 spiro atoms. The second-order valence-corrected chi connectivity index (χ2v) is 3.15. The van der Waals surface area contributed by atoms with Crippen LogP contribution in [0.4, 0.5) is 22.0 Å². The van der Waals surface area contributed by atoms with E-state index in [1.54, 1.807) is 0 Å². The van der Waals surface area contributed by atoms with Crippen molar-refractivity contribution in [1.29, 1.82) is 0 Å². The summed E-state index contributed by atoms with van der Waals surface area (Å²) < 4.78 is 61.2. The SMILES string of the molecule is O[C@@H](c1cc(F)c(F)c(Cl)c1)C(F)(F)F. The van der Waals surface area contributed by atoms with Gasteiger partial charge >= 0.3 is 6.18 Å². The number of benzene rings is 1. The minimum absolute atomic E-state index is 0.249. The molecule has 0 aliphatic rings. The smallest absolute Gasteiger partial charge is 0.379 e. The van der Waals surface area contributed by atoms with Gasteiger partial charge in [0.1, 0.15) is 0 Å². The van der Waals surface area contributed by atoms with Crippen LogP contribution in [0.25, 0.3) is 0 Å². The van der Waals surface area contributed by atoms with Gasteiger partial charge in [-0.1, -0.05) is 11.6 Å². The lowest BCUT2D eigenvalue weighted by Crippen LogP contribution is -2.20. The molecule has 0 bridgehead atoms. The van der Waals surface area contributed by atoms with Crippen LogP contribution in [0.2, 0.25) is 5.02 Å². The maximum atomic E-state index is 12.7. The Morgan fingerprint density at radius 3 is 2.13 bits per heavy atom. The second-order valence-electron chi connectivity index (χ2n) is 2.74. The van der Waals surface area contributed by atoms with Crippen LogP contribution in [0.15, 0.2) is 12.1 Å². The van der Waals surface area contributed by atoms with Crippen LogP contribution in [-0.2, 0) is 0 Å². The van der Waals surface area contributed by atoms with Gasteiger partial charge in [-0.15, -0.1) is 0 Å². The normalized spacial score (nSPS) is 14.1. The molecule has 1 rings (SSSR count). The standard InChI is InChI=1S/C8H4ClF5O/c9-4-1-3(2-5(10)6(4)11)7(15)8(12,13)14/h1-2,7,15H/t7-/m0/s1. The molecule has 15 heavy (non-hydrogen) atoms. The first-order chi connectivity index (χ1) is 6.73. The van der Waals surface area contributed by atoms with Crippen molar-refractivity contribution >= 4 is 11.6 Å². The van der Waals surface area contributed by atoms with Gasteiger partial charge in [-0.25, -0.2) is 8.78 Å². The maximum Gasteiger partial charge on any atom is 0.418 e. The monoisotopic (exact) mass is 246 g/mol. The summed E-state index contributed by atoms with van der Waals surface area (Å²) >= 11 is 5.12. The van der Waals surface area contributed by atoms with Crippen molar-refractivity contribution in [2.75, 3.05) is 0 Å². The zero-order valence-corrected chi connectivity index (χ0v) is 7.70. The molecule has 1 nitrogen and oxygen atoms in total. The minimum Gasteiger partial charge on any atom is -0.379 e. The van der Waals surface area contributed by atoms with Gasteiger partial charge in [-0.2, -0.15) is 13.2 Å². The Morgan fingerprint density at radius 2 is 1.73 bits per heavy atom. The summed E-state index contributed by atoms with van der Waals surface area (Å²) in [5.41, 5.74) is -0.841. The summed E-state index contributed by atoms with van der Waals surface area (Å²) in [6.07, 6.45) is -7.83. The average Bonchev–Trinajstić information content (AvgIpc) is 2.10. The van der Waals surface area contributed by atoms with E-state index in [9.17, 15) is 22.0 Å². The minimum atomic E-state index is -4.95. The van der Waals surface area contributed by atoms with Gasteiger partial charge in [0.25, 0.3) is 0 Å². The van der Waals surface area contributed by atoms with Crippen molar-refractivity contribution in [3.63, 3.8) is 0 Å². The van der Waals surface area contributed by atoms with Crippen LogP contribution >= 0.6 is 11.6 Å². The highest BCUT2D eigenvalue weighted by Crippen LogP contribution is 2.34. The van der Waals surface area contributed by atoms with E-state index in [1.807, 2.05) is 0 Å². The molecule has 1 aromatic carbocycles. The van der Waals surface area contributed by atoms with Crippen molar-refractivity contribution in [3.8, 4) is 0 Å².